The van der Waals surface area contributed by atoms with Gasteiger partial charge in [0.15, 0.2) is 0 Å². The summed E-state index contributed by atoms with van der Waals surface area (Å²) in [5.74, 6) is -0.331. The van der Waals surface area contributed by atoms with Gasteiger partial charge in [-0.2, -0.15) is 0 Å². The van der Waals surface area contributed by atoms with Gasteiger partial charge in [-0.1, -0.05) is 33.6 Å². The number of hydrogen-bond donors (Lipinski definition) is 1. The normalized spacial score (nSPS) is 12.4. The summed E-state index contributed by atoms with van der Waals surface area (Å²) in [4.78, 5) is 0.394. The average Bonchev–Trinajstić information content (AvgIpc) is 2.36. The Labute approximate surface area is 126 Å². The number of rotatable bonds is 3. The van der Waals surface area contributed by atoms with Crippen LogP contribution in [0.15, 0.2) is 45.8 Å². The van der Waals surface area contributed by atoms with Crippen LogP contribution in [-0.2, 0) is 16.6 Å². The van der Waals surface area contributed by atoms with Crippen molar-refractivity contribution in [2.45, 2.75) is 10.6 Å². The molecule has 0 radical (unpaired) electrons. The fraction of sp³-hybridized carbons (Fsp3) is 0.0769. The van der Waals surface area contributed by atoms with Crippen LogP contribution >= 0.6 is 27.5 Å². The zero-order valence-corrected chi connectivity index (χ0v) is 12.9. The summed E-state index contributed by atoms with van der Waals surface area (Å²) in [6.45, 7) is 0. The molecule has 100 valence electrons. The van der Waals surface area contributed by atoms with Crippen LogP contribution in [0.1, 0.15) is 5.56 Å². The third-order valence-electron chi connectivity index (χ3n) is 2.54. The van der Waals surface area contributed by atoms with E-state index in [0.29, 0.717) is 9.92 Å². The molecule has 0 fully saturated rings. The highest BCUT2D eigenvalue weighted by Gasteiger charge is 2.10. The molecular weight excluding hydrogens is 353 g/mol. The van der Waals surface area contributed by atoms with Crippen molar-refractivity contribution in [3.8, 4) is 0 Å². The summed E-state index contributed by atoms with van der Waals surface area (Å²) in [5, 5.41) is 0.527. The molecule has 2 rings (SSSR count). The standard InChI is InChI=1S/C13H10BrClFNOS/c14-9-2-1-8(11(15)5-9)7-19(18)10-3-4-13(17)12(16)6-10/h1-6H,7,17H2. The second kappa shape index (κ2) is 6.03. The summed E-state index contributed by atoms with van der Waals surface area (Å²) in [5.41, 5.74) is 6.18. The van der Waals surface area contributed by atoms with Crippen LogP contribution < -0.4 is 5.73 Å². The van der Waals surface area contributed by atoms with E-state index in [9.17, 15) is 8.60 Å². The Morgan fingerprint density at radius 2 is 2.00 bits per heavy atom. The number of nitrogens with two attached hydrogens (primary N) is 1. The molecule has 19 heavy (non-hydrogen) atoms. The number of halogens is 3. The quantitative estimate of drug-likeness (QED) is 0.834. The van der Waals surface area contributed by atoms with Crippen molar-refractivity contribution in [3.05, 3.63) is 57.3 Å². The van der Waals surface area contributed by atoms with Gasteiger partial charge in [-0.25, -0.2) is 4.39 Å². The van der Waals surface area contributed by atoms with Crippen molar-refractivity contribution in [1.29, 1.82) is 0 Å². The number of hydrogen-bond acceptors (Lipinski definition) is 2. The van der Waals surface area contributed by atoms with Crippen molar-refractivity contribution < 1.29 is 8.60 Å². The molecule has 0 spiro atoms. The van der Waals surface area contributed by atoms with Gasteiger partial charge in [0.1, 0.15) is 5.82 Å². The Balaban J connectivity index is 2.23. The summed E-state index contributed by atoms with van der Waals surface area (Å²) in [7, 11) is -1.37. The highest BCUT2D eigenvalue weighted by molar-refractivity contribution is 9.10. The number of anilines is 1. The maximum Gasteiger partial charge on any atom is 0.147 e. The fourth-order valence-electron chi connectivity index (χ4n) is 1.51. The fourth-order valence-corrected chi connectivity index (χ4v) is 3.49. The van der Waals surface area contributed by atoms with E-state index in [2.05, 4.69) is 15.9 Å². The van der Waals surface area contributed by atoms with Gasteiger partial charge in [0, 0.05) is 14.4 Å². The molecule has 0 aliphatic rings. The van der Waals surface area contributed by atoms with Crippen LogP contribution in [0.2, 0.25) is 5.02 Å². The Bertz CT molecular complexity index is 651. The van der Waals surface area contributed by atoms with E-state index in [-0.39, 0.29) is 11.4 Å². The van der Waals surface area contributed by atoms with E-state index in [4.69, 9.17) is 17.3 Å². The zero-order valence-electron chi connectivity index (χ0n) is 9.70. The minimum absolute atomic E-state index is 0.0439. The lowest BCUT2D eigenvalue weighted by molar-refractivity contribution is 0.627. The van der Waals surface area contributed by atoms with Crippen molar-refractivity contribution in [2.24, 2.45) is 0 Å². The lowest BCUT2D eigenvalue weighted by Gasteiger charge is -2.06. The molecule has 0 amide bonds. The molecule has 0 heterocycles. The first-order chi connectivity index (χ1) is 8.97. The molecule has 2 nitrogen and oxygen atoms in total. The van der Waals surface area contributed by atoms with E-state index in [1.54, 1.807) is 18.2 Å². The maximum absolute atomic E-state index is 13.3. The van der Waals surface area contributed by atoms with Gasteiger partial charge in [0.2, 0.25) is 0 Å². The van der Waals surface area contributed by atoms with Gasteiger partial charge in [-0.3, -0.25) is 4.21 Å². The first-order valence-corrected chi connectivity index (χ1v) is 7.83. The Morgan fingerprint density at radius 3 is 2.63 bits per heavy atom. The average molecular weight is 363 g/mol. The first-order valence-electron chi connectivity index (χ1n) is 5.34. The Kier molecular flexibility index (Phi) is 4.60. The van der Waals surface area contributed by atoms with Crippen molar-refractivity contribution in [3.63, 3.8) is 0 Å². The number of nitrogen functional groups attached to an aromatic ring is 1. The van der Waals surface area contributed by atoms with Gasteiger partial charge in [-0.05, 0) is 35.9 Å². The molecule has 0 saturated carbocycles. The molecule has 1 unspecified atom stereocenters. The van der Waals surface area contributed by atoms with Crippen LogP contribution in [0.5, 0.6) is 0 Å². The first kappa shape index (κ1) is 14.5. The predicted molar refractivity (Wildman–Crippen MR) is 80.1 cm³/mol. The van der Waals surface area contributed by atoms with Crippen LogP contribution in [0.3, 0.4) is 0 Å². The molecule has 2 aromatic carbocycles. The van der Waals surface area contributed by atoms with Gasteiger partial charge in [-0.15, -0.1) is 0 Å². The highest BCUT2D eigenvalue weighted by atomic mass is 79.9. The summed E-state index contributed by atoms with van der Waals surface area (Å²) in [6.07, 6.45) is 0. The van der Waals surface area contributed by atoms with Crippen LogP contribution in [0.4, 0.5) is 10.1 Å². The topological polar surface area (TPSA) is 43.1 Å². The Hall–Kier alpha value is -0.910. The molecule has 0 aliphatic heterocycles. The van der Waals surface area contributed by atoms with E-state index < -0.39 is 16.6 Å². The van der Waals surface area contributed by atoms with Crippen molar-refractivity contribution in [2.75, 3.05) is 5.73 Å². The number of benzene rings is 2. The van der Waals surface area contributed by atoms with E-state index in [0.717, 1.165) is 10.0 Å². The summed E-state index contributed by atoms with van der Waals surface area (Å²) < 4.78 is 26.3. The van der Waals surface area contributed by atoms with Gasteiger partial charge < -0.3 is 5.73 Å². The minimum Gasteiger partial charge on any atom is -0.396 e. The molecule has 6 heteroatoms. The van der Waals surface area contributed by atoms with Crippen LogP contribution in [0, 0.1) is 5.82 Å². The third-order valence-corrected chi connectivity index (χ3v) is 4.73. The minimum atomic E-state index is -1.37. The molecule has 0 aromatic heterocycles. The molecule has 1 atom stereocenters. The van der Waals surface area contributed by atoms with E-state index >= 15 is 0 Å². The zero-order chi connectivity index (χ0) is 14.0. The predicted octanol–water partition coefficient (Wildman–Crippen LogP) is 4.13. The van der Waals surface area contributed by atoms with Gasteiger partial charge in [0.25, 0.3) is 0 Å². The van der Waals surface area contributed by atoms with Crippen molar-refractivity contribution >= 4 is 44.0 Å². The van der Waals surface area contributed by atoms with E-state index in [1.807, 2.05) is 6.07 Å². The largest absolute Gasteiger partial charge is 0.396 e. The summed E-state index contributed by atoms with van der Waals surface area (Å²) in [6, 6.07) is 9.50. The molecule has 0 aliphatic carbocycles. The van der Waals surface area contributed by atoms with Crippen LogP contribution in [-0.4, -0.2) is 4.21 Å². The molecular formula is C13H10BrClFNOS. The van der Waals surface area contributed by atoms with Crippen LogP contribution in [0.25, 0.3) is 0 Å². The maximum atomic E-state index is 13.3. The molecule has 0 bridgehead atoms. The lowest BCUT2D eigenvalue weighted by atomic mass is 10.2. The molecule has 2 N–H and O–H groups in total. The van der Waals surface area contributed by atoms with E-state index in [1.165, 1.54) is 12.1 Å². The monoisotopic (exact) mass is 361 g/mol. The molecule has 0 saturated heterocycles. The lowest BCUT2D eigenvalue weighted by Crippen LogP contribution is -1.99. The molecule has 2 aromatic rings. The highest BCUT2D eigenvalue weighted by Crippen LogP contribution is 2.24. The second-order valence-electron chi connectivity index (χ2n) is 3.91. The third kappa shape index (κ3) is 3.55. The summed E-state index contributed by atoms with van der Waals surface area (Å²) >= 11 is 9.36. The smallest absolute Gasteiger partial charge is 0.147 e. The van der Waals surface area contributed by atoms with Crippen molar-refractivity contribution in [1.82, 2.24) is 0 Å². The van der Waals surface area contributed by atoms with Gasteiger partial charge >= 0.3 is 0 Å². The van der Waals surface area contributed by atoms with Gasteiger partial charge in [0.05, 0.1) is 22.2 Å². The Morgan fingerprint density at radius 1 is 1.26 bits per heavy atom. The second-order valence-corrected chi connectivity index (χ2v) is 6.68. The SMILES string of the molecule is Nc1ccc(S(=O)Cc2ccc(Br)cc2Cl)cc1F.